The molecule has 0 unspecified atom stereocenters. The molecule has 0 aliphatic carbocycles. The molecule has 6 nitrogen and oxygen atoms in total. The molecule has 472 valence electrons. The monoisotopic (exact) mass is 1480 g/mol. The fourth-order valence-corrected chi connectivity index (χ4v) is 17.7. The fourth-order valence-electron chi connectivity index (χ4n) is 13.8. The minimum Gasteiger partial charge on any atom is -0.510 e. The Morgan fingerprint density at radius 3 is 1.59 bits per heavy atom. The minimum absolute atomic E-state index is 0. The number of para-hydroxylation sites is 3. The van der Waals surface area contributed by atoms with E-state index >= 15 is 0 Å². The van der Waals surface area contributed by atoms with Gasteiger partial charge in [0.25, 0.3) is 6.33 Å². The summed E-state index contributed by atoms with van der Waals surface area (Å²) in [6.45, 7) is 0.00521. The van der Waals surface area contributed by atoms with Gasteiger partial charge in [0.15, 0.2) is 8.07 Å². The predicted octanol–water partition coefficient (Wildman–Crippen LogP) is 19.0. The van der Waals surface area contributed by atoms with Crippen molar-refractivity contribution in [2.24, 2.45) is 0 Å². The van der Waals surface area contributed by atoms with Crippen molar-refractivity contribution in [3.05, 3.63) is 338 Å². The van der Waals surface area contributed by atoms with Gasteiger partial charge in [-0.25, -0.2) is 4.98 Å². The van der Waals surface area contributed by atoms with Crippen LogP contribution >= 0.6 is 0 Å². The van der Waals surface area contributed by atoms with E-state index in [-0.39, 0.29) is 82.8 Å². The second-order valence-electron chi connectivity index (χ2n) is 24.5. The first-order valence-corrected chi connectivity index (χ1v) is 33.0. The third-order valence-corrected chi connectivity index (χ3v) is 22.2. The number of benzene rings is 13. The van der Waals surface area contributed by atoms with E-state index in [1.807, 2.05) is 59.2 Å². The van der Waals surface area contributed by atoms with Crippen molar-refractivity contribution in [3.8, 4) is 78.9 Å². The summed E-state index contributed by atoms with van der Waals surface area (Å²) in [6, 6.07) is 25.1. The van der Waals surface area contributed by atoms with Crippen LogP contribution in [0.2, 0.25) is 0 Å². The number of hydrogen-bond donors (Lipinski definition) is 0. The summed E-state index contributed by atoms with van der Waals surface area (Å²) in [4.78, 5) is 4.86. The van der Waals surface area contributed by atoms with Crippen molar-refractivity contribution < 1.29 is 70.1 Å². The van der Waals surface area contributed by atoms with Crippen LogP contribution < -0.4 is 30.1 Å². The number of ether oxygens (including phenoxy) is 1. The van der Waals surface area contributed by atoms with E-state index in [4.69, 9.17) is 13.8 Å². The molecule has 0 amide bonds. The molecule has 4 aromatic heterocycles. The average molecular weight is 1480 g/mol. The fraction of sp³-hybridized carbons (Fsp3) is 0.0667. The number of hydrogen-bond acceptors (Lipinski definition) is 2. The Bertz CT molecular complexity index is 7380. The Morgan fingerprint density at radius 2 is 1.00 bits per heavy atom. The zero-order chi connectivity index (χ0) is 90.1. The van der Waals surface area contributed by atoms with E-state index in [0.717, 1.165) is 27.9 Å². The quantitative estimate of drug-likeness (QED) is 0.0593. The molecular formula is C90H65N5OPtSi-2. The number of aromatic nitrogens is 5. The number of imidazole rings is 1. The summed E-state index contributed by atoms with van der Waals surface area (Å²) in [7, 11) is -6.41. The van der Waals surface area contributed by atoms with Crippen LogP contribution in [0.3, 0.4) is 0 Å². The van der Waals surface area contributed by atoms with Crippen molar-refractivity contribution >= 4 is 83.5 Å². The SMILES string of the molecule is [2H]c1c([2H])c([2H])c([Si](c2cc3c4c(c2)n(-c2[c-]c(Oc5[c-]c6c(cc5)c5ccccc5n6-c5cc(C(C)(C)C)ccn5)ccc2)[c-][n+]4-c2c(cc(-c4c(C([2H])([2H])[2H])cccc4C([2H])([2H])[2H])cc2-n2c4ccccc4c4ccccc42)-c2c([2H])c([2H])c([2H])c([2H])c2-c2c([2H])c([2H])c([2H])c([2H])c2-3)(c2c([2H])c([2H])c([2H])c([2H])c2[2H])c2c([2H])c([2H])c([2H])c([2H])c2[2H])c([2H])c1[2H].[Pt]. The van der Waals surface area contributed by atoms with Crippen LogP contribution in [0.5, 0.6) is 11.5 Å². The maximum absolute atomic E-state index is 10.6. The summed E-state index contributed by atoms with van der Waals surface area (Å²) >= 11 is 0. The smallest absolute Gasteiger partial charge is 0.268 e. The molecule has 0 saturated carbocycles. The van der Waals surface area contributed by atoms with E-state index < -0.39 is 220 Å². The molecule has 0 fully saturated rings. The van der Waals surface area contributed by atoms with E-state index in [9.17, 15) is 35.6 Å². The third kappa shape index (κ3) is 9.62. The molecule has 8 heteroatoms. The third-order valence-electron chi connectivity index (χ3n) is 18.1. The Morgan fingerprint density at radius 1 is 0.469 bits per heavy atom. The van der Waals surface area contributed by atoms with Crippen LogP contribution in [-0.2, 0) is 26.5 Å². The number of fused-ring (bicyclic) bond motifs is 13. The largest absolute Gasteiger partial charge is 0.510 e. The van der Waals surface area contributed by atoms with E-state index in [1.165, 1.54) is 51.6 Å². The molecule has 5 heterocycles. The van der Waals surface area contributed by atoms with Gasteiger partial charge in [-0.3, -0.25) is 4.57 Å². The van der Waals surface area contributed by atoms with Gasteiger partial charge in [-0.05, 0) is 155 Å². The molecule has 13 aromatic carbocycles. The van der Waals surface area contributed by atoms with Gasteiger partial charge in [0, 0.05) is 63.3 Å². The van der Waals surface area contributed by atoms with Crippen LogP contribution in [0.1, 0.15) is 77.2 Å². The second kappa shape index (κ2) is 23.9. The van der Waals surface area contributed by atoms with Gasteiger partial charge < -0.3 is 18.4 Å². The van der Waals surface area contributed by atoms with Gasteiger partial charge in [0.05, 0.1) is 65.0 Å². The van der Waals surface area contributed by atoms with Crippen molar-refractivity contribution in [2.75, 3.05) is 0 Å². The van der Waals surface area contributed by atoms with Crippen LogP contribution in [0, 0.1) is 32.2 Å². The van der Waals surface area contributed by atoms with Gasteiger partial charge in [-0.15, -0.1) is 29.7 Å². The number of rotatable bonds is 10. The number of nitrogens with zero attached hydrogens (tertiary/aromatic N) is 5. The van der Waals surface area contributed by atoms with E-state index in [2.05, 4.69) is 39.2 Å². The molecule has 0 spiro atoms. The van der Waals surface area contributed by atoms with Crippen LogP contribution in [-0.4, -0.2) is 26.8 Å². The van der Waals surface area contributed by atoms with Gasteiger partial charge in [-0.2, -0.15) is 18.2 Å². The van der Waals surface area contributed by atoms with Crippen LogP contribution in [0.15, 0.2) is 303 Å². The standard InChI is InChI=1S/C90H65N5OSi.Pt/c1-59-27-25-28-60(2)87(59)61-51-78-72-39-17-15-37-70(72)71-38-16-18-40-73(71)79-56-69(97(66-31-9-6-10-32-66,67-33-11-7-12-34-67)68-35-13-8-14-36-68)57-84-88(79)93(89(78)85(52-61)94-80-44-22-19-41-74(80)75-42-20-23-45-81(75)94)58-92(84)63-29-26-30-64(54-63)96-65-47-48-77-76-43-21-24-46-82(76)95(83(77)55-65)86-53-62(49-50-91-86)90(3,4)5;/h6-53,56-57H,1-5H3;/q-2;/i1D3,2D3,6D,7D,8D,9D,10D,11D,12D,13D,14D,15D,16D,17D,18D,31D,32D,33D,34D,35D,36D,37D,38D,39D,40D;. The maximum atomic E-state index is 10.6. The summed E-state index contributed by atoms with van der Waals surface area (Å²) in [6.07, 6.45) is 5.24. The topological polar surface area (TPSA) is 40.8 Å². The molecule has 0 atom stereocenters. The Kier molecular flexibility index (Phi) is 8.95. The first-order chi connectivity index (χ1) is 59.5. The van der Waals surface area contributed by atoms with Crippen molar-refractivity contribution in [1.82, 2.24) is 18.7 Å². The molecular weight excluding hydrogens is 1390 g/mol. The summed E-state index contributed by atoms with van der Waals surface area (Å²) in [5.41, 5.74) is -3.22. The summed E-state index contributed by atoms with van der Waals surface area (Å²) in [5, 5.41) is -0.683. The average Bonchev–Trinajstić information content (AvgIpc) is 1.55. The zero-order valence-electron chi connectivity index (χ0n) is 81.0. The molecule has 1 aliphatic heterocycles. The maximum Gasteiger partial charge on any atom is 0.268 e. The Labute approximate surface area is 626 Å². The predicted molar refractivity (Wildman–Crippen MR) is 401 cm³/mol. The van der Waals surface area contributed by atoms with Crippen molar-refractivity contribution in [3.63, 3.8) is 0 Å². The van der Waals surface area contributed by atoms with Crippen LogP contribution in [0.4, 0.5) is 0 Å². The van der Waals surface area contributed by atoms with Crippen molar-refractivity contribution in [1.29, 1.82) is 0 Å². The number of aryl methyl sites for hydroxylation is 2. The number of pyridine rings is 1. The van der Waals surface area contributed by atoms with Crippen LogP contribution in [0.25, 0.3) is 122 Å². The van der Waals surface area contributed by atoms with Crippen molar-refractivity contribution in [2.45, 2.75) is 39.9 Å². The zero-order valence-corrected chi connectivity index (χ0v) is 55.3. The molecule has 0 radical (unpaired) electrons. The van der Waals surface area contributed by atoms with Gasteiger partial charge in [0.1, 0.15) is 5.82 Å². The van der Waals surface area contributed by atoms with Gasteiger partial charge >= 0.3 is 0 Å². The second-order valence-corrected chi connectivity index (χ2v) is 28.1. The molecule has 0 saturated heterocycles. The van der Waals surface area contributed by atoms with E-state index in [1.54, 1.807) is 65.4 Å². The molecule has 17 aromatic rings. The summed E-state index contributed by atoms with van der Waals surface area (Å²) in [5.74, 6) is 0.631. The minimum atomic E-state index is -6.41. The first-order valence-electron chi connectivity index (χ1n) is 45.5. The molecule has 98 heavy (non-hydrogen) atoms. The molecule has 0 N–H and O–H groups in total. The van der Waals surface area contributed by atoms with Gasteiger partial charge in [-0.1, -0.05) is 250 Å². The molecule has 0 bridgehead atoms. The summed E-state index contributed by atoms with van der Waals surface area (Å²) < 4.78 is 296. The molecule has 1 aliphatic rings. The first kappa shape index (κ1) is 36.8. The Hall–Kier alpha value is -11.2. The van der Waals surface area contributed by atoms with E-state index in [0.29, 0.717) is 33.1 Å². The Balaban J connectivity index is 0.0000114. The molecule has 18 rings (SSSR count). The van der Waals surface area contributed by atoms with Gasteiger partial charge in [0.2, 0.25) is 0 Å². The normalized spacial score (nSPS) is 16.5.